The second-order valence-electron chi connectivity index (χ2n) is 7.60. The van der Waals surface area contributed by atoms with Crippen LogP contribution in [0.3, 0.4) is 0 Å². The molecule has 2 aromatic rings. The van der Waals surface area contributed by atoms with E-state index in [1.54, 1.807) is 18.2 Å². The Bertz CT molecular complexity index is 828. The maximum Gasteiger partial charge on any atom is 0.130 e. The van der Waals surface area contributed by atoms with Crippen LogP contribution < -0.4 is 4.74 Å². The molecule has 0 saturated carbocycles. The second-order valence-corrected chi connectivity index (χ2v) is 7.60. The summed E-state index contributed by atoms with van der Waals surface area (Å²) in [5.41, 5.74) is 3.69. The molecule has 0 aliphatic heterocycles. The molecule has 0 fully saturated rings. The predicted molar refractivity (Wildman–Crippen MR) is 120 cm³/mol. The van der Waals surface area contributed by atoms with Crippen LogP contribution in [-0.2, 0) is 19.8 Å². The molecule has 5 nitrogen and oxygen atoms in total. The molecule has 0 aliphatic rings. The maximum absolute atomic E-state index is 10.5. The largest absolute Gasteiger partial charge is 0.487 e. The number of ether oxygens (including phenoxy) is 1. The molecule has 0 atom stereocenters. The minimum atomic E-state index is -0.586. The first-order chi connectivity index (χ1) is 14.5. The summed E-state index contributed by atoms with van der Waals surface area (Å²) < 4.78 is 5.85. The van der Waals surface area contributed by atoms with Crippen molar-refractivity contribution < 1.29 is 20.1 Å². The molecule has 1 heterocycles. The van der Waals surface area contributed by atoms with Gasteiger partial charge in [0.25, 0.3) is 0 Å². The average molecular weight is 414 g/mol. The third kappa shape index (κ3) is 6.66. The lowest BCUT2D eigenvalue weighted by atomic mass is 9.91. The van der Waals surface area contributed by atoms with Crippen LogP contribution in [0.1, 0.15) is 75.4 Å². The summed E-state index contributed by atoms with van der Waals surface area (Å²) >= 11 is 0. The highest BCUT2D eigenvalue weighted by Gasteiger charge is 2.20. The zero-order valence-corrected chi connectivity index (χ0v) is 18.4. The monoisotopic (exact) mass is 413 g/mol. The van der Waals surface area contributed by atoms with Crippen molar-refractivity contribution in [2.24, 2.45) is 0 Å². The first-order valence-corrected chi connectivity index (χ1v) is 10.8. The van der Waals surface area contributed by atoms with Crippen molar-refractivity contribution in [1.29, 1.82) is 0 Å². The van der Waals surface area contributed by atoms with Gasteiger partial charge in [-0.3, -0.25) is 0 Å². The predicted octanol–water partition coefficient (Wildman–Crippen LogP) is 4.77. The number of aliphatic hydroxyl groups is 3. The van der Waals surface area contributed by atoms with Crippen LogP contribution >= 0.6 is 0 Å². The Morgan fingerprint density at radius 1 is 1.03 bits per heavy atom. The summed E-state index contributed by atoms with van der Waals surface area (Å²) in [5, 5.41) is 29.2. The zero-order chi connectivity index (χ0) is 22.0. The molecule has 0 unspecified atom stereocenters. The van der Waals surface area contributed by atoms with Crippen molar-refractivity contribution >= 4 is 5.57 Å². The van der Waals surface area contributed by atoms with Gasteiger partial charge in [-0.25, -0.2) is 4.98 Å². The molecule has 0 aliphatic carbocycles. The van der Waals surface area contributed by atoms with Crippen LogP contribution in [-0.4, -0.2) is 25.9 Å². The van der Waals surface area contributed by atoms with Gasteiger partial charge in [-0.1, -0.05) is 39.0 Å². The van der Waals surface area contributed by atoms with E-state index in [2.05, 4.69) is 13.0 Å². The van der Waals surface area contributed by atoms with Crippen molar-refractivity contribution in [1.82, 2.24) is 4.98 Å². The highest BCUT2D eigenvalue weighted by molar-refractivity contribution is 5.62. The topological polar surface area (TPSA) is 82.8 Å². The lowest BCUT2D eigenvalue weighted by Gasteiger charge is -2.24. The summed E-state index contributed by atoms with van der Waals surface area (Å²) in [4.78, 5) is 4.75. The summed E-state index contributed by atoms with van der Waals surface area (Å²) in [6, 6.07) is 11.2. The smallest absolute Gasteiger partial charge is 0.130 e. The number of hydrogen-bond donors (Lipinski definition) is 3. The Morgan fingerprint density at radius 2 is 1.77 bits per heavy atom. The third-order valence-corrected chi connectivity index (χ3v) is 5.74. The molecule has 1 aromatic carbocycles. The van der Waals surface area contributed by atoms with E-state index < -0.39 is 5.60 Å². The van der Waals surface area contributed by atoms with Gasteiger partial charge in [0.1, 0.15) is 12.4 Å². The van der Waals surface area contributed by atoms with E-state index in [9.17, 15) is 15.3 Å². The molecule has 3 N–H and O–H groups in total. The van der Waals surface area contributed by atoms with Crippen molar-refractivity contribution in [3.05, 3.63) is 65.0 Å². The van der Waals surface area contributed by atoms with Crippen molar-refractivity contribution in [3.63, 3.8) is 0 Å². The van der Waals surface area contributed by atoms with E-state index in [-0.39, 0.29) is 13.2 Å². The van der Waals surface area contributed by atoms with Gasteiger partial charge in [0.15, 0.2) is 0 Å². The summed E-state index contributed by atoms with van der Waals surface area (Å²) in [6.45, 7) is 6.23. The van der Waals surface area contributed by atoms with Crippen LogP contribution in [0.5, 0.6) is 5.75 Å². The molecule has 0 bridgehead atoms. The molecule has 2 rings (SSSR count). The number of allylic oxidation sites excluding steroid dienone is 2. The highest BCUT2D eigenvalue weighted by atomic mass is 16.5. The molecular formula is C25H35NO4. The fraction of sp³-hybridized carbons (Fsp3) is 0.480. The summed E-state index contributed by atoms with van der Waals surface area (Å²) in [5.74, 6) is 0.633. The molecular weight excluding hydrogens is 378 g/mol. The van der Waals surface area contributed by atoms with Gasteiger partial charge in [-0.2, -0.15) is 0 Å². The van der Waals surface area contributed by atoms with Gasteiger partial charge in [-0.05, 0) is 73.1 Å². The van der Waals surface area contributed by atoms with E-state index >= 15 is 0 Å². The zero-order valence-electron chi connectivity index (χ0n) is 18.4. The quantitative estimate of drug-likeness (QED) is 0.467. The molecule has 164 valence electrons. The Kier molecular flexibility index (Phi) is 9.50. The lowest BCUT2D eigenvalue weighted by Crippen LogP contribution is -2.25. The first kappa shape index (κ1) is 24.1. The van der Waals surface area contributed by atoms with E-state index in [0.717, 1.165) is 43.5 Å². The Morgan fingerprint density at radius 3 is 2.40 bits per heavy atom. The molecule has 30 heavy (non-hydrogen) atoms. The van der Waals surface area contributed by atoms with Crippen molar-refractivity contribution in [2.75, 3.05) is 0 Å². The number of nitrogens with zero attached hydrogens (tertiary/aromatic N) is 1. The van der Waals surface area contributed by atoms with Crippen molar-refractivity contribution in [2.45, 2.75) is 78.3 Å². The normalized spacial score (nSPS) is 12.3. The first-order valence-electron chi connectivity index (χ1n) is 10.8. The van der Waals surface area contributed by atoms with Crippen LogP contribution in [0.2, 0.25) is 0 Å². The van der Waals surface area contributed by atoms with Gasteiger partial charge in [0.2, 0.25) is 0 Å². The van der Waals surface area contributed by atoms with Gasteiger partial charge in [0.05, 0.1) is 30.2 Å². The van der Waals surface area contributed by atoms with Crippen LogP contribution in [0.25, 0.3) is 5.57 Å². The van der Waals surface area contributed by atoms with E-state index in [0.29, 0.717) is 23.5 Å². The molecule has 1 aromatic heterocycles. The second kappa shape index (κ2) is 11.8. The highest BCUT2D eigenvalue weighted by Crippen LogP contribution is 2.24. The molecule has 0 radical (unpaired) electrons. The minimum absolute atomic E-state index is 0.111. The maximum atomic E-state index is 10.5. The molecule has 0 spiro atoms. The van der Waals surface area contributed by atoms with Gasteiger partial charge >= 0.3 is 0 Å². The number of rotatable bonds is 12. The van der Waals surface area contributed by atoms with Gasteiger partial charge < -0.3 is 20.1 Å². The van der Waals surface area contributed by atoms with Crippen molar-refractivity contribution in [3.8, 4) is 5.75 Å². The van der Waals surface area contributed by atoms with Crippen LogP contribution in [0, 0.1) is 0 Å². The molecule has 5 heteroatoms. The summed E-state index contributed by atoms with van der Waals surface area (Å²) in [7, 11) is 0. The van der Waals surface area contributed by atoms with Gasteiger partial charge in [-0.15, -0.1) is 0 Å². The van der Waals surface area contributed by atoms with Gasteiger partial charge in [0, 0.05) is 0 Å². The molecule has 0 amide bonds. The number of pyridine rings is 1. The number of aliphatic hydroxyl groups excluding tert-OH is 2. The fourth-order valence-electron chi connectivity index (χ4n) is 3.44. The fourth-order valence-corrected chi connectivity index (χ4v) is 3.44. The average Bonchev–Trinajstić information content (AvgIpc) is 2.80. The molecule has 0 saturated heterocycles. The van der Waals surface area contributed by atoms with E-state index in [1.807, 2.05) is 32.0 Å². The number of benzene rings is 1. The Labute approximate surface area is 180 Å². The lowest BCUT2D eigenvalue weighted by molar-refractivity contribution is 0.0246. The number of hydrogen-bond acceptors (Lipinski definition) is 5. The minimum Gasteiger partial charge on any atom is -0.487 e. The van der Waals surface area contributed by atoms with E-state index in [4.69, 9.17) is 9.72 Å². The van der Waals surface area contributed by atoms with Crippen LogP contribution in [0.15, 0.2) is 42.5 Å². The summed E-state index contributed by atoms with van der Waals surface area (Å²) in [6.07, 6.45) is 6.16. The number of aromatic nitrogens is 1. The standard InChI is InChI=1S/C25H35NO4/c1-4-19(9-8-14-25(29,5-2)6-3)24-11-7-10-22(26-24)18-30-23-13-12-20(16-27)21(15-23)17-28/h7,9-13,15,27-29H,4-6,8,14,16-18H2,1-3H3/b19-9-. The SMILES string of the molecule is CC/C(=C/CCC(O)(CC)CC)c1cccc(COc2ccc(CO)c(CO)c2)n1. The Balaban J connectivity index is 2.06. The Hall–Kier alpha value is -2.21. The van der Waals surface area contributed by atoms with E-state index in [1.165, 1.54) is 5.57 Å². The third-order valence-electron chi connectivity index (χ3n) is 5.74. The van der Waals surface area contributed by atoms with Crippen LogP contribution in [0.4, 0.5) is 0 Å².